The fourth-order valence-electron chi connectivity index (χ4n) is 5.36. The van der Waals surface area contributed by atoms with Crippen LogP contribution in [0.5, 0.6) is 0 Å². The number of aromatic nitrogens is 2. The molecule has 1 saturated heterocycles. The monoisotopic (exact) mass is 556 g/mol. The van der Waals surface area contributed by atoms with E-state index in [4.69, 9.17) is 0 Å². The van der Waals surface area contributed by atoms with Crippen LogP contribution in [0.4, 0.5) is 17.6 Å². The van der Waals surface area contributed by atoms with Crippen LogP contribution in [0.25, 0.3) is 0 Å². The average Bonchev–Trinajstić information content (AvgIpc) is 3.30. The maximum absolute atomic E-state index is 15.0. The molecule has 1 aliphatic carbocycles. The van der Waals surface area contributed by atoms with E-state index in [1.54, 1.807) is 43.3 Å². The van der Waals surface area contributed by atoms with Gasteiger partial charge in [0.05, 0.1) is 24.7 Å². The molecule has 2 N–H and O–H groups in total. The van der Waals surface area contributed by atoms with Gasteiger partial charge >= 0.3 is 0 Å². The molecule has 2 amide bonds. The third-order valence-corrected chi connectivity index (χ3v) is 7.52. The summed E-state index contributed by atoms with van der Waals surface area (Å²) in [7, 11) is 0. The number of alkyl halides is 3. The minimum absolute atomic E-state index is 0.0955. The Labute approximate surface area is 227 Å². The molecule has 3 aromatic rings. The average molecular weight is 557 g/mol. The zero-order chi connectivity index (χ0) is 28.6. The van der Waals surface area contributed by atoms with E-state index in [-0.39, 0.29) is 36.2 Å². The Bertz CT molecular complexity index is 1470. The van der Waals surface area contributed by atoms with E-state index >= 15 is 0 Å². The molecule has 7 nitrogen and oxygen atoms in total. The first-order chi connectivity index (χ1) is 19.0. The number of hydrogen-bond donors (Lipinski definition) is 2. The quantitative estimate of drug-likeness (QED) is 0.338. The van der Waals surface area contributed by atoms with Crippen molar-refractivity contribution in [3.63, 3.8) is 0 Å². The maximum Gasteiger partial charge on any atom is 0.250 e. The highest BCUT2D eigenvalue weighted by Gasteiger charge is 2.47. The molecule has 2 aliphatic rings. The SMILES string of the molecule is Cc1cc(CC(=O)N2CC(F)CC2C(=O)NC(c2ccccc2)c2ccc(C3CC(F)(F)C3)c(F)n2)c[nH]c1=O. The van der Waals surface area contributed by atoms with E-state index < -0.39 is 60.7 Å². The minimum atomic E-state index is -2.81. The first-order valence-electron chi connectivity index (χ1n) is 13.0. The second-order valence-electron chi connectivity index (χ2n) is 10.5. The van der Waals surface area contributed by atoms with Gasteiger partial charge in [-0.1, -0.05) is 36.4 Å². The molecule has 3 heterocycles. The predicted molar refractivity (Wildman–Crippen MR) is 138 cm³/mol. The summed E-state index contributed by atoms with van der Waals surface area (Å²) < 4.78 is 56.2. The third kappa shape index (κ3) is 5.78. The smallest absolute Gasteiger partial charge is 0.250 e. The number of carbonyl (C=O) groups excluding carboxylic acids is 2. The summed E-state index contributed by atoms with van der Waals surface area (Å²) in [4.78, 5) is 45.9. The Hall–Kier alpha value is -4.02. The standard InChI is InChI=1S/C29H28F4N4O3/c1-16-9-17(14-34-27(16)39)10-24(38)37-15-20(30)11-23(37)28(40)36-25(18-5-3-2-4-6-18)22-8-7-21(26(31)35-22)19-12-29(32,33)13-19/h2-9,14,19-20,23,25H,10-13,15H2,1H3,(H,34,39)(H,36,40). The Balaban J connectivity index is 1.37. The molecule has 0 bridgehead atoms. The van der Waals surface area contributed by atoms with Crippen molar-refractivity contribution in [2.75, 3.05) is 6.54 Å². The summed E-state index contributed by atoms with van der Waals surface area (Å²) in [6.07, 6.45) is -1.24. The summed E-state index contributed by atoms with van der Waals surface area (Å²) in [5.74, 6) is -5.44. The van der Waals surface area contributed by atoms with E-state index in [0.717, 1.165) is 0 Å². The number of aryl methyl sites for hydroxylation is 1. The largest absolute Gasteiger partial charge is 0.342 e. The van der Waals surface area contributed by atoms with E-state index in [0.29, 0.717) is 16.7 Å². The van der Waals surface area contributed by atoms with E-state index in [9.17, 15) is 31.9 Å². The van der Waals surface area contributed by atoms with Crippen LogP contribution in [0.2, 0.25) is 0 Å². The summed E-state index contributed by atoms with van der Waals surface area (Å²) in [5.41, 5.74) is 1.47. The lowest BCUT2D eigenvalue weighted by Crippen LogP contribution is -2.47. The van der Waals surface area contributed by atoms with Gasteiger partial charge in [-0.25, -0.2) is 18.2 Å². The normalized spacial score (nSPS) is 21.1. The number of pyridine rings is 2. The molecule has 2 aromatic heterocycles. The van der Waals surface area contributed by atoms with Crippen molar-refractivity contribution < 1.29 is 27.2 Å². The van der Waals surface area contributed by atoms with Crippen molar-refractivity contribution in [2.24, 2.45) is 0 Å². The number of hydrogen-bond acceptors (Lipinski definition) is 4. The molecule has 3 atom stereocenters. The molecule has 40 heavy (non-hydrogen) atoms. The Morgan fingerprint density at radius 3 is 2.55 bits per heavy atom. The van der Waals surface area contributed by atoms with Gasteiger partial charge in [0.15, 0.2) is 0 Å². The maximum atomic E-state index is 15.0. The highest BCUT2D eigenvalue weighted by molar-refractivity contribution is 5.89. The van der Waals surface area contributed by atoms with Crippen molar-refractivity contribution >= 4 is 11.8 Å². The fraction of sp³-hybridized carbons (Fsp3) is 0.379. The van der Waals surface area contributed by atoms with Crippen LogP contribution < -0.4 is 10.9 Å². The van der Waals surface area contributed by atoms with Crippen molar-refractivity contribution in [1.82, 2.24) is 20.2 Å². The van der Waals surface area contributed by atoms with Crippen LogP contribution in [0, 0.1) is 12.9 Å². The molecule has 1 aromatic carbocycles. The Morgan fingerprint density at radius 2 is 1.90 bits per heavy atom. The van der Waals surface area contributed by atoms with Crippen molar-refractivity contribution in [1.29, 1.82) is 0 Å². The number of nitrogens with one attached hydrogen (secondary N) is 2. The van der Waals surface area contributed by atoms with Crippen molar-refractivity contribution in [2.45, 2.75) is 62.7 Å². The van der Waals surface area contributed by atoms with Gasteiger partial charge in [-0.2, -0.15) is 4.39 Å². The van der Waals surface area contributed by atoms with Crippen LogP contribution in [0.3, 0.4) is 0 Å². The number of likely N-dealkylation sites (tertiary alicyclic amines) is 1. The molecule has 11 heteroatoms. The number of benzene rings is 1. The summed E-state index contributed by atoms with van der Waals surface area (Å²) in [5, 5.41) is 2.80. The first kappa shape index (κ1) is 27.5. The zero-order valence-corrected chi connectivity index (χ0v) is 21.7. The number of amides is 2. The molecule has 3 unspecified atom stereocenters. The number of aromatic amines is 1. The van der Waals surface area contributed by atoms with Gasteiger partial charge < -0.3 is 15.2 Å². The first-order valence-corrected chi connectivity index (χ1v) is 13.0. The lowest BCUT2D eigenvalue weighted by atomic mass is 9.77. The van der Waals surface area contributed by atoms with Gasteiger partial charge in [-0.05, 0) is 36.1 Å². The van der Waals surface area contributed by atoms with Gasteiger partial charge in [-0.3, -0.25) is 14.4 Å². The molecule has 0 spiro atoms. The van der Waals surface area contributed by atoms with Gasteiger partial charge in [-0.15, -0.1) is 0 Å². The third-order valence-electron chi connectivity index (χ3n) is 7.52. The van der Waals surface area contributed by atoms with Gasteiger partial charge in [0.25, 0.3) is 5.56 Å². The van der Waals surface area contributed by atoms with Gasteiger partial charge in [0, 0.05) is 36.6 Å². The van der Waals surface area contributed by atoms with Crippen molar-refractivity contribution in [3.8, 4) is 0 Å². The summed E-state index contributed by atoms with van der Waals surface area (Å²) in [6.45, 7) is 1.34. The van der Waals surface area contributed by atoms with Gasteiger partial charge in [0.1, 0.15) is 12.2 Å². The Morgan fingerprint density at radius 1 is 1.18 bits per heavy atom. The van der Waals surface area contributed by atoms with E-state index in [1.165, 1.54) is 23.2 Å². The number of nitrogens with zero attached hydrogens (tertiary/aromatic N) is 2. The highest BCUT2D eigenvalue weighted by atomic mass is 19.3. The zero-order valence-electron chi connectivity index (χ0n) is 21.7. The predicted octanol–water partition coefficient (Wildman–Crippen LogP) is 4.12. The number of halogens is 4. The van der Waals surface area contributed by atoms with E-state index in [1.807, 2.05) is 0 Å². The lowest BCUT2D eigenvalue weighted by molar-refractivity contribution is -0.138. The number of H-pyrrole nitrogens is 1. The molecule has 2 fully saturated rings. The van der Waals surface area contributed by atoms with E-state index in [2.05, 4.69) is 15.3 Å². The fourth-order valence-corrected chi connectivity index (χ4v) is 5.36. The summed E-state index contributed by atoms with van der Waals surface area (Å²) >= 11 is 0. The van der Waals surface area contributed by atoms with Crippen LogP contribution in [0.1, 0.15) is 59.2 Å². The lowest BCUT2D eigenvalue weighted by Gasteiger charge is -2.35. The number of carbonyl (C=O) groups is 2. The molecule has 5 rings (SSSR count). The van der Waals surface area contributed by atoms with Gasteiger partial charge in [0.2, 0.25) is 23.7 Å². The molecule has 210 valence electrons. The molecule has 1 saturated carbocycles. The van der Waals surface area contributed by atoms with Crippen LogP contribution in [-0.4, -0.2) is 51.4 Å². The molecular formula is C29H28F4N4O3. The van der Waals surface area contributed by atoms with Crippen LogP contribution in [0.15, 0.2) is 59.5 Å². The topological polar surface area (TPSA) is 95.2 Å². The summed E-state index contributed by atoms with van der Waals surface area (Å²) in [6, 6.07) is 11.1. The molecule has 0 radical (unpaired) electrons. The minimum Gasteiger partial charge on any atom is -0.342 e. The second-order valence-corrected chi connectivity index (χ2v) is 10.5. The van der Waals surface area contributed by atoms with Crippen LogP contribution >= 0.6 is 0 Å². The van der Waals surface area contributed by atoms with Crippen LogP contribution in [-0.2, 0) is 16.0 Å². The Kier molecular flexibility index (Phi) is 7.48. The number of rotatable bonds is 7. The second kappa shape index (κ2) is 10.9. The van der Waals surface area contributed by atoms with Crippen molar-refractivity contribution in [3.05, 3.63) is 99.0 Å². The molecular weight excluding hydrogens is 528 g/mol. The highest BCUT2D eigenvalue weighted by Crippen LogP contribution is 2.48. The molecule has 1 aliphatic heterocycles.